The first kappa shape index (κ1) is 16.5. The maximum atomic E-state index is 12.3. The van der Waals surface area contributed by atoms with Crippen LogP contribution in [-0.4, -0.2) is 32.0 Å². The van der Waals surface area contributed by atoms with Crippen LogP contribution in [-0.2, 0) is 13.6 Å². The molecular formula is C15H22ClN5O. The quantitative estimate of drug-likeness (QED) is 0.918. The highest BCUT2D eigenvalue weighted by Crippen LogP contribution is 2.18. The van der Waals surface area contributed by atoms with Crippen LogP contribution in [0.5, 0.6) is 0 Å². The van der Waals surface area contributed by atoms with Crippen LogP contribution in [0.25, 0.3) is 0 Å². The second-order valence-corrected chi connectivity index (χ2v) is 6.16. The van der Waals surface area contributed by atoms with Gasteiger partial charge in [0.15, 0.2) is 0 Å². The third-order valence-corrected chi connectivity index (χ3v) is 4.01. The highest BCUT2D eigenvalue weighted by Gasteiger charge is 2.19. The molecule has 2 aromatic rings. The number of amides is 1. The molecule has 2 aromatic heterocycles. The zero-order chi connectivity index (χ0) is 16.4. The minimum atomic E-state index is -0.184. The Labute approximate surface area is 135 Å². The standard InChI is InChI=1S/C15H22ClN5O/c1-9(8-21-11(3)6-10(2)18-21)7-17-15(22)13-12(4)19-20(5)14(13)16/h6,9H,7-8H2,1-5H3,(H,17,22)/t9-/m1/s1. The van der Waals surface area contributed by atoms with Gasteiger partial charge in [0.1, 0.15) is 5.15 Å². The number of hydrogen-bond donors (Lipinski definition) is 1. The Balaban J connectivity index is 1.94. The van der Waals surface area contributed by atoms with E-state index in [0.29, 0.717) is 23.0 Å². The zero-order valence-corrected chi connectivity index (χ0v) is 14.4. The second kappa shape index (κ2) is 6.52. The molecule has 0 fully saturated rings. The topological polar surface area (TPSA) is 64.7 Å². The van der Waals surface area contributed by atoms with Crippen LogP contribution in [0.4, 0.5) is 0 Å². The van der Waals surface area contributed by atoms with Crippen LogP contribution in [0.15, 0.2) is 6.07 Å². The van der Waals surface area contributed by atoms with Gasteiger partial charge in [-0.3, -0.25) is 14.2 Å². The first-order chi connectivity index (χ1) is 10.3. The number of aromatic nitrogens is 4. The molecule has 0 saturated heterocycles. The summed E-state index contributed by atoms with van der Waals surface area (Å²) in [5.41, 5.74) is 3.21. The maximum absolute atomic E-state index is 12.3. The van der Waals surface area contributed by atoms with E-state index < -0.39 is 0 Å². The fourth-order valence-corrected chi connectivity index (χ4v) is 2.72. The van der Waals surface area contributed by atoms with Crippen molar-refractivity contribution in [1.29, 1.82) is 0 Å². The lowest BCUT2D eigenvalue weighted by molar-refractivity contribution is 0.0946. The summed E-state index contributed by atoms with van der Waals surface area (Å²) >= 11 is 6.10. The van der Waals surface area contributed by atoms with Crippen molar-refractivity contribution in [2.24, 2.45) is 13.0 Å². The van der Waals surface area contributed by atoms with Crippen LogP contribution >= 0.6 is 11.6 Å². The minimum Gasteiger partial charge on any atom is -0.352 e. The van der Waals surface area contributed by atoms with Crippen molar-refractivity contribution in [3.63, 3.8) is 0 Å². The van der Waals surface area contributed by atoms with Gasteiger partial charge in [-0.05, 0) is 32.8 Å². The summed E-state index contributed by atoms with van der Waals surface area (Å²) < 4.78 is 3.47. The van der Waals surface area contributed by atoms with Crippen molar-refractivity contribution in [2.75, 3.05) is 6.54 Å². The molecule has 1 N–H and O–H groups in total. The first-order valence-corrected chi connectivity index (χ1v) is 7.65. The molecule has 6 nitrogen and oxygen atoms in total. The van der Waals surface area contributed by atoms with Gasteiger partial charge in [0.25, 0.3) is 5.91 Å². The van der Waals surface area contributed by atoms with Crippen LogP contribution in [0.2, 0.25) is 5.15 Å². The number of nitrogens with zero attached hydrogens (tertiary/aromatic N) is 4. The van der Waals surface area contributed by atoms with Gasteiger partial charge in [0, 0.05) is 25.8 Å². The number of carbonyl (C=O) groups is 1. The smallest absolute Gasteiger partial charge is 0.256 e. The third-order valence-electron chi connectivity index (χ3n) is 3.58. The molecule has 0 bridgehead atoms. The van der Waals surface area contributed by atoms with Crippen molar-refractivity contribution in [3.8, 4) is 0 Å². The molecule has 0 aliphatic carbocycles. The van der Waals surface area contributed by atoms with E-state index in [9.17, 15) is 4.79 Å². The molecule has 7 heteroatoms. The number of nitrogens with one attached hydrogen (secondary N) is 1. The maximum Gasteiger partial charge on any atom is 0.256 e. The molecule has 0 saturated carbocycles. The molecule has 0 aromatic carbocycles. The van der Waals surface area contributed by atoms with E-state index in [4.69, 9.17) is 11.6 Å². The molecule has 2 rings (SSSR count). The van der Waals surface area contributed by atoms with E-state index in [1.807, 2.05) is 24.6 Å². The predicted octanol–water partition coefficient (Wildman–Crippen LogP) is 2.26. The van der Waals surface area contributed by atoms with Gasteiger partial charge in [-0.1, -0.05) is 18.5 Å². The predicted molar refractivity (Wildman–Crippen MR) is 86.2 cm³/mol. The lowest BCUT2D eigenvalue weighted by Gasteiger charge is -2.14. The molecule has 0 radical (unpaired) electrons. The Hall–Kier alpha value is -1.82. The van der Waals surface area contributed by atoms with E-state index in [0.717, 1.165) is 17.9 Å². The van der Waals surface area contributed by atoms with Gasteiger partial charge in [-0.2, -0.15) is 10.2 Å². The lowest BCUT2D eigenvalue weighted by Crippen LogP contribution is -2.30. The van der Waals surface area contributed by atoms with E-state index >= 15 is 0 Å². The Bertz CT molecular complexity index is 688. The fraction of sp³-hybridized carbons (Fsp3) is 0.533. The van der Waals surface area contributed by atoms with Gasteiger partial charge in [-0.25, -0.2) is 0 Å². The number of rotatable bonds is 5. The van der Waals surface area contributed by atoms with E-state index in [1.165, 1.54) is 4.68 Å². The van der Waals surface area contributed by atoms with Crippen LogP contribution in [0, 0.1) is 26.7 Å². The number of hydrogen-bond acceptors (Lipinski definition) is 3. The Morgan fingerprint density at radius 3 is 2.55 bits per heavy atom. The molecule has 1 amide bonds. The molecular weight excluding hydrogens is 302 g/mol. The Kier molecular flexibility index (Phi) is 4.90. The molecule has 22 heavy (non-hydrogen) atoms. The summed E-state index contributed by atoms with van der Waals surface area (Å²) in [6, 6.07) is 2.05. The molecule has 120 valence electrons. The summed E-state index contributed by atoms with van der Waals surface area (Å²) in [5.74, 6) is 0.0773. The molecule has 2 heterocycles. The first-order valence-electron chi connectivity index (χ1n) is 7.28. The molecule has 0 aliphatic rings. The molecule has 0 aliphatic heterocycles. The minimum absolute atomic E-state index is 0.184. The number of carbonyl (C=O) groups excluding carboxylic acids is 1. The van der Waals surface area contributed by atoms with E-state index in [2.05, 4.69) is 22.4 Å². The largest absolute Gasteiger partial charge is 0.352 e. The van der Waals surface area contributed by atoms with E-state index in [-0.39, 0.29) is 11.8 Å². The van der Waals surface area contributed by atoms with Crippen molar-refractivity contribution in [2.45, 2.75) is 34.2 Å². The summed E-state index contributed by atoms with van der Waals surface area (Å²) in [4.78, 5) is 12.3. The third kappa shape index (κ3) is 3.50. The number of aryl methyl sites for hydroxylation is 4. The molecule has 1 atom stereocenters. The van der Waals surface area contributed by atoms with Crippen LogP contribution < -0.4 is 5.32 Å². The molecule has 0 spiro atoms. The van der Waals surface area contributed by atoms with Crippen molar-refractivity contribution in [3.05, 3.63) is 33.9 Å². The van der Waals surface area contributed by atoms with E-state index in [1.54, 1.807) is 14.0 Å². The highest BCUT2D eigenvalue weighted by atomic mass is 35.5. The monoisotopic (exact) mass is 323 g/mol. The lowest BCUT2D eigenvalue weighted by atomic mass is 10.1. The van der Waals surface area contributed by atoms with Gasteiger partial charge in [-0.15, -0.1) is 0 Å². The van der Waals surface area contributed by atoms with Crippen molar-refractivity contribution >= 4 is 17.5 Å². The van der Waals surface area contributed by atoms with Crippen molar-refractivity contribution < 1.29 is 4.79 Å². The summed E-state index contributed by atoms with van der Waals surface area (Å²) in [5, 5.41) is 11.9. The summed E-state index contributed by atoms with van der Waals surface area (Å²) in [7, 11) is 1.72. The zero-order valence-electron chi connectivity index (χ0n) is 13.6. The Morgan fingerprint density at radius 1 is 1.36 bits per heavy atom. The second-order valence-electron chi connectivity index (χ2n) is 5.80. The van der Waals surface area contributed by atoms with Crippen molar-refractivity contribution in [1.82, 2.24) is 24.9 Å². The SMILES string of the molecule is Cc1cc(C)n(C[C@H](C)CNC(=O)c2c(C)nn(C)c2Cl)n1. The van der Waals surface area contributed by atoms with Crippen LogP contribution in [0.3, 0.4) is 0 Å². The Morgan fingerprint density at radius 2 is 2.05 bits per heavy atom. The van der Waals surface area contributed by atoms with Crippen LogP contribution in [0.1, 0.15) is 34.4 Å². The highest BCUT2D eigenvalue weighted by molar-refractivity contribution is 6.33. The van der Waals surface area contributed by atoms with Gasteiger partial charge < -0.3 is 5.32 Å². The fourth-order valence-electron chi connectivity index (χ4n) is 2.46. The average molecular weight is 324 g/mol. The number of halogens is 1. The van der Waals surface area contributed by atoms with Gasteiger partial charge in [0.2, 0.25) is 0 Å². The normalized spacial score (nSPS) is 12.5. The molecule has 0 unspecified atom stereocenters. The van der Waals surface area contributed by atoms with Gasteiger partial charge in [0.05, 0.1) is 17.0 Å². The summed E-state index contributed by atoms with van der Waals surface area (Å²) in [6.45, 7) is 9.18. The van der Waals surface area contributed by atoms with Gasteiger partial charge >= 0.3 is 0 Å². The summed E-state index contributed by atoms with van der Waals surface area (Å²) in [6.07, 6.45) is 0. The average Bonchev–Trinajstić information content (AvgIpc) is 2.86.